The van der Waals surface area contributed by atoms with Crippen molar-refractivity contribution < 1.29 is 14.3 Å². The van der Waals surface area contributed by atoms with Crippen LogP contribution in [0.2, 0.25) is 0 Å². The Kier molecular flexibility index (Phi) is 6.29. The maximum Gasteiger partial charge on any atom is 0.264 e. The molecule has 0 unspecified atom stereocenters. The van der Waals surface area contributed by atoms with Crippen LogP contribution in [0, 0.1) is 13.8 Å². The van der Waals surface area contributed by atoms with Gasteiger partial charge < -0.3 is 9.47 Å². The number of aromatic nitrogens is 1. The molecule has 0 saturated carbocycles. The molecular formula is C21H24N2O3S. The maximum atomic E-state index is 12.2. The third-order valence-electron chi connectivity index (χ3n) is 4.06. The van der Waals surface area contributed by atoms with Crippen molar-refractivity contribution in [2.75, 3.05) is 18.5 Å². The first-order valence-electron chi connectivity index (χ1n) is 9.08. The Hall–Kier alpha value is -2.60. The van der Waals surface area contributed by atoms with Crippen LogP contribution in [0.5, 0.6) is 11.5 Å². The summed E-state index contributed by atoms with van der Waals surface area (Å²) in [4.78, 5) is 16.6. The average Bonchev–Trinajstić information content (AvgIpc) is 3.02. The van der Waals surface area contributed by atoms with Crippen LogP contribution >= 0.6 is 11.3 Å². The van der Waals surface area contributed by atoms with Gasteiger partial charge in [0, 0.05) is 0 Å². The van der Waals surface area contributed by atoms with Crippen LogP contribution in [-0.4, -0.2) is 24.1 Å². The number of nitrogens with one attached hydrogen (secondary N) is 1. The molecule has 2 aromatic carbocycles. The number of unbranched alkanes of at least 4 members (excludes halogenated alkanes) is 1. The standard InChI is InChI=1S/C21H24N2O3S/c1-4-5-10-25-16-7-8-17-19(12-16)27-21(22-17)23-20(24)13-26-18-9-6-14(2)11-15(18)3/h6-9,11-12H,4-5,10,13H2,1-3H3,(H,22,23,24). The van der Waals surface area contributed by atoms with Gasteiger partial charge in [0.15, 0.2) is 11.7 Å². The normalized spacial score (nSPS) is 10.8. The lowest BCUT2D eigenvalue weighted by molar-refractivity contribution is -0.118. The highest BCUT2D eigenvalue weighted by molar-refractivity contribution is 7.22. The van der Waals surface area contributed by atoms with Crippen molar-refractivity contribution in [2.45, 2.75) is 33.6 Å². The molecule has 1 heterocycles. The number of hydrogen-bond acceptors (Lipinski definition) is 5. The first kappa shape index (κ1) is 19.2. The lowest BCUT2D eigenvalue weighted by Gasteiger charge is -2.09. The monoisotopic (exact) mass is 384 g/mol. The summed E-state index contributed by atoms with van der Waals surface area (Å²) in [7, 11) is 0. The second kappa shape index (κ2) is 8.86. The van der Waals surface area contributed by atoms with Crippen LogP contribution in [0.4, 0.5) is 5.13 Å². The van der Waals surface area contributed by atoms with E-state index >= 15 is 0 Å². The van der Waals surface area contributed by atoms with E-state index in [1.165, 1.54) is 11.3 Å². The number of hydrogen-bond donors (Lipinski definition) is 1. The predicted octanol–water partition coefficient (Wildman–Crippen LogP) is 5.11. The third kappa shape index (κ3) is 5.20. The Bertz CT molecular complexity index is 936. The van der Waals surface area contributed by atoms with Crippen LogP contribution in [0.15, 0.2) is 36.4 Å². The molecule has 0 aliphatic carbocycles. The van der Waals surface area contributed by atoms with E-state index in [-0.39, 0.29) is 12.5 Å². The molecule has 0 bridgehead atoms. The molecule has 0 saturated heterocycles. The minimum atomic E-state index is -0.228. The zero-order valence-electron chi connectivity index (χ0n) is 15.9. The number of fused-ring (bicyclic) bond motifs is 1. The van der Waals surface area contributed by atoms with E-state index in [4.69, 9.17) is 9.47 Å². The van der Waals surface area contributed by atoms with Gasteiger partial charge in [0.05, 0.1) is 16.8 Å². The smallest absolute Gasteiger partial charge is 0.264 e. The molecular weight excluding hydrogens is 360 g/mol. The van der Waals surface area contributed by atoms with Gasteiger partial charge in [0.1, 0.15) is 11.5 Å². The molecule has 3 aromatic rings. The summed E-state index contributed by atoms with van der Waals surface area (Å²) in [6, 6.07) is 11.7. The number of thiazole rings is 1. The van der Waals surface area contributed by atoms with Crippen molar-refractivity contribution in [3.8, 4) is 11.5 Å². The Morgan fingerprint density at radius 3 is 2.78 bits per heavy atom. The van der Waals surface area contributed by atoms with Crippen LogP contribution in [0.3, 0.4) is 0 Å². The molecule has 3 rings (SSSR count). The summed E-state index contributed by atoms with van der Waals surface area (Å²) >= 11 is 1.43. The van der Waals surface area contributed by atoms with Gasteiger partial charge >= 0.3 is 0 Å². The van der Waals surface area contributed by atoms with Gasteiger partial charge in [0.25, 0.3) is 5.91 Å². The Morgan fingerprint density at radius 1 is 1.15 bits per heavy atom. The van der Waals surface area contributed by atoms with Gasteiger partial charge in [0.2, 0.25) is 0 Å². The van der Waals surface area contributed by atoms with Gasteiger partial charge in [-0.05, 0) is 50.1 Å². The summed E-state index contributed by atoms with van der Waals surface area (Å²) in [6.07, 6.45) is 2.13. The van der Waals surface area contributed by atoms with Crippen LogP contribution < -0.4 is 14.8 Å². The second-order valence-electron chi connectivity index (χ2n) is 6.46. The van der Waals surface area contributed by atoms with E-state index in [1.54, 1.807) is 0 Å². The summed E-state index contributed by atoms with van der Waals surface area (Å²) in [5.41, 5.74) is 3.02. The average molecular weight is 385 g/mol. The first-order valence-corrected chi connectivity index (χ1v) is 9.90. The van der Waals surface area contributed by atoms with Crippen molar-refractivity contribution >= 4 is 32.6 Å². The molecule has 0 spiro atoms. The van der Waals surface area contributed by atoms with E-state index in [0.717, 1.165) is 39.9 Å². The maximum absolute atomic E-state index is 12.2. The van der Waals surface area contributed by atoms with Crippen molar-refractivity contribution in [3.05, 3.63) is 47.5 Å². The van der Waals surface area contributed by atoms with E-state index < -0.39 is 0 Å². The van der Waals surface area contributed by atoms with Crippen molar-refractivity contribution in [3.63, 3.8) is 0 Å². The van der Waals surface area contributed by atoms with Crippen LogP contribution in [0.25, 0.3) is 10.2 Å². The lowest BCUT2D eigenvalue weighted by atomic mass is 10.1. The molecule has 0 fully saturated rings. The fourth-order valence-electron chi connectivity index (χ4n) is 2.64. The fraction of sp³-hybridized carbons (Fsp3) is 0.333. The van der Waals surface area contributed by atoms with Gasteiger partial charge in [-0.2, -0.15) is 0 Å². The molecule has 5 nitrogen and oxygen atoms in total. The molecule has 1 aromatic heterocycles. The third-order valence-corrected chi connectivity index (χ3v) is 5.00. The van der Waals surface area contributed by atoms with E-state index in [9.17, 15) is 4.79 Å². The highest BCUT2D eigenvalue weighted by Gasteiger charge is 2.10. The highest BCUT2D eigenvalue weighted by atomic mass is 32.1. The molecule has 142 valence electrons. The largest absolute Gasteiger partial charge is 0.494 e. The van der Waals surface area contributed by atoms with Gasteiger partial charge in [-0.25, -0.2) is 4.98 Å². The lowest BCUT2D eigenvalue weighted by Crippen LogP contribution is -2.20. The number of amides is 1. The first-order chi connectivity index (χ1) is 13.0. The van der Waals surface area contributed by atoms with Crippen molar-refractivity contribution in [1.29, 1.82) is 0 Å². The van der Waals surface area contributed by atoms with Gasteiger partial charge in [-0.3, -0.25) is 10.1 Å². The Labute approximate surface area is 163 Å². The summed E-state index contributed by atoms with van der Waals surface area (Å²) in [5.74, 6) is 1.32. The Morgan fingerprint density at radius 2 is 2.00 bits per heavy atom. The van der Waals surface area contributed by atoms with E-state index in [0.29, 0.717) is 17.5 Å². The van der Waals surface area contributed by atoms with E-state index in [2.05, 4.69) is 17.2 Å². The number of aryl methyl sites for hydroxylation is 2. The number of benzene rings is 2. The Balaban J connectivity index is 1.59. The summed E-state index contributed by atoms with van der Waals surface area (Å²) in [6.45, 7) is 6.78. The summed E-state index contributed by atoms with van der Waals surface area (Å²) < 4.78 is 12.3. The SMILES string of the molecule is CCCCOc1ccc2nc(NC(=O)COc3ccc(C)cc3C)sc2c1. The van der Waals surface area contributed by atoms with E-state index in [1.807, 2.05) is 50.2 Å². The number of nitrogens with zero attached hydrogens (tertiary/aromatic N) is 1. The molecule has 0 aliphatic rings. The van der Waals surface area contributed by atoms with Gasteiger partial charge in [-0.15, -0.1) is 0 Å². The molecule has 27 heavy (non-hydrogen) atoms. The number of anilines is 1. The predicted molar refractivity (Wildman–Crippen MR) is 110 cm³/mol. The minimum Gasteiger partial charge on any atom is -0.494 e. The zero-order valence-corrected chi connectivity index (χ0v) is 16.7. The van der Waals surface area contributed by atoms with Crippen LogP contribution in [-0.2, 0) is 4.79 Å². The number of rotatable bonds is 8. The van der Waals surface area contributed by atoms with Crippen LogP contribution in [0.1, 0.15) is 30.9 Å². The number of carbonyl (C=O) groups is 1. The molecule has 6 heteroatoms. The van der Waals surface area contributed by atoms with Crippen molar-refractivity contribution in [1.82, 2.24) is 4.98 Å². The number of carbonyl (C=O) groups excluding carboxylic acids is 1. The molecule has 0 aliphatic heterocycles. The minimum absolute atomic E-state index is 0.0504. The molecule has 1 N–H and O–H groups in total. The molecule has 0 atom stereocenters. The summed E-state index contributed by atoms with van der Waals surface area (Å²) in [5, 5.41) is 3.37. The van der Waals surface area contributed by atoms with Gasteiger partial charge in [-0.1, -0.05) is 42.4 Å². The second-order valence-corrected chi connectivity index (χ2v) is 7.49. The van der Waals surface area contributed by atoms with Crippen molar-refractivity contribution in [2.24, 2.45) is 0 Å². The molecule has 0 radical (unpaired) electrons. The number of ether oxygens (including phenoxy) is 2. The topological polar surface area (TPSA) is 60.5 Å². The quantitative estimate of drug-likeness (QED) is 0.548. The highest BCUT2D eigenvalue weighted by Crippen LogP contribution is 2.29. The molecule has 1 amide bonds. The fourth-order valence-corrected chi connectivity index (χ4v) is 3.55. The zero-order chi connectivity index (χ0) is 19.2.